The summed E-state index contributed by atoms with van der Waals surface area (Å²) >= 11 is 0. The number of rotatable bonds is 1. The van der Waals surface area contributed by atoms with Gasteiger partial charge in [0.1, 0.15) is 11.3 Å². The van der Waals surface area contributed by atoms with Gasteiger partial charge in [-0.05, 0) is 42.8 Å². The summed E-state index contributed by atoms with van der Waals surface area (Å²) in [5, 5.41) is 9.90. The van der Waals surface area contributed by atoms with E-state index in [1.54, 1.807) is 30.3 Å². The van der Waals surface area contributed by atoms with Crippen molar-refractivity contribution in [1.29, 1.82) is 0 Å². The van der Waals surface area contributed by atoms with Crippen LogP contribution < -0.4 is 5.73 Å². The second-order valence-electron chi connectivity index (χ2n) is 4.27. The summed E-state index contributed by atoms with van der Waals surface area (Å²) in [6, 6.07) is 10.6. The maximum atomic E-state index is 9.90. The van der Waals surface area contributed by atoms with Crippen LogP contribution in [0.15, 0.2) is 40.8 Å². The van der Waals surface area contributed by atoms with Crippen molar-refractivity contribution in [2.24, 2.45) is 0 Å². The fourth-order valence-electron chi connectivity index (χ4n) is 1.88. The summed E-state index contributed by atoms with van der Waals surface area (Å²) < 4.78 is 5.60. The molecule has 3 N–H and O–H groups in total. The average molecular weight is 240 g/mol. The van der Waals surface area contributed by atoms with E-state index in [4.69, 9.17) is 10.2 Å². The minimum Gasteiger partial charge on any atom is -0.507 e. The van der Waals surface area contributed by atoms with Crippen LogP contribution in [-0.4, -0.2) is 10.1 Å². The van der Waals surface area contributed by atoms with E-state index in [1.807, 2.05) is 13.0 Å². The van der Waals surface area contributed by atoms with Crippen LogP contribution in [0.2, 0.25) is 0 Å². The van der Waals surface area contributed by atoms with E-state index in [2.05, 4.69) is 4.98 Å². The summed E-state index contributed by atoms with van der Waals surface area (Å²) in [5.41, 5.74) is 9.22. The van der Waals surface area contributed by atoms with Crippen LogP contribution in [-0.2, 0) is 0 Å². The van der Waals surface area contributed by atoms with Gasteiger partial charge in [0.15, 0.2) is 5.58 Å². The number of phenolic OH excluding ortho intramolecular Hbond substituents is 1. The van der Waals surface area contributed by atoms with Crippen LogP contribution in [0, 0.1) is 6.92 Å². The van der Waals surface area contributed by atoms with Gasteiger partial charge in [-0.15, -0.1) is 0 Å². The Labute approximate surface area is 104 Å². The van der Waals surface area contributed by atoms with Crippen molar-refractivity contribution in [2.45, 2.75) is 6.92 Å². The number of aromatic hydroxyl groups is 1. The number of aryl methyl sites for hydroxylation is 1. The molecule has 2 aromatic carbocycles. The molecule has 0 saturated heterocycles. The largest absolute Gasteiger partial charge is 0.507 e. The monoisotopic (exact) mass is 240 g/mol. The number of hydrogen-bond donors (Lipinski definition) is 2. The fraction of sp³-hybridized carbons (Fsp3) is 0.0714. The van der Waals surface area contributed by atoms with E-state index in [1.165, 1.54) is 0 Å². The van der Waals surface area contributed by atoms with Crippen LogP contribution in [0.25, 0.3) is 22.6 Å². The molecule has 4 heteroatoms. The predicted octanol–water partition coefficient (Wildman–Crippen LogP) is 3.09. The topological polar surface area (TPSA) is 72.3 Å². The Morgan fingerprint density at radius 2 is 2.00 bits per heavy atom. The van der Waals surface area contributed by atoms with Gasteiger partial charge < -0.3 is 15.3 Å². The number of fused-ring (bicyclic) bond motifs is 1. The SMILES string of the molecule is Cc1ccc(-c2nc3cc(N)ccc3o2)c(O)c1. The lowest BCUT2D eigenvalue weighted by molar-refractivity contribution is 0.473. The van der Waals surface area contributed by atoms with Crippen molar-refractivity contribution < 1.29 is 9.52 Å². The first-order valence-electron chi connectivity index (χ1n) is 5.59. The average Bonchev–Trinajstić information content (AvgIpc) is 2.71. The van der Waals surface area contributed by atoms with Crippen LogP contribution in [0.1, 0.15) is 5.56 Å². The van der Waals surface area contributed by atoms with E-state index >= 15 is 0 Å². The number of nitrogen functional groups attached to an aromatic ring is 1. The van der Waals surface area contributed by atoms with Gasteiger partial charge in [0, 0.05) is 5.69 Å². The van der Waals surface area contributed by atoms with Gasteiger partial charge in [-0.25, -0.2) is 4.98 Å². The zero-order valence-electron chi connectivity index (χ0n) is 9.84. The molecule has 0 spiro atoms. The first-order chi connectivity index (χ1) is 8.63. The van der Waals surface area contributed by atoms with E-state index < -0.39 is 0 Å². The van der Waals surface area contributed by atoms with Crippen molar-refractivity contribution >= 4 is 16.8 Å². The summed E-state index contributed by atoms with van der Waals surface area (Å²) in [4.78, 5) is 4.33. The first-order valence-corrected chi connectivity index (χ1v) is 5.59. The molecule has 0 aliphatic rings. The van der Waals surface area contributed by atoms with Crippen LogP contribution in [0.3, 0.4) is 0 Å². The molecule has 3 aromatic rings. The maximum absolute atomic E-state index is 9.90. The summed E-state index contributed by atoms with van der Waals surface area (Å²) in [6.45, 7) is 1.91. The molecule has 0 unspecified atom stereocenters. The second-order valence-corrected chi connectivity index (χ2v) is 4.27. The lowest BCUT2D eigenvalue weighted by atomic mass is 10.1. The van der Waals surface area contributed by atoms with Crippen molar-refractivity contribution in [3.8, 4) is 17.2 Å². The third-order valence-electron chi connectivity index (χ3n) is 2.80. The third kappa shape index (κ3) is 1.68. The van der Waals surface area contributed by atoms with Gasteiger partial charge in [-0.3, -0.25) is 0 Å². The van der Waals surface area contributed by atoms with Gasteiger partial charge in [-0.1, -0.05) is 6.07 Å². The summed E-state index contributed by atoms with van der Waals surface area (Å²) in [5.74, 6) is 0.558. The Kier molecular flexibility index (Phi) is 2.23. The summed E-state index contributed by atoms with van der Waals surface area (Å²) in [6.07, 6.45) is 0. The van der Waals surface area contributed by atoms with Gasteiger partial charge in [0.2, 0.25) is 5.89 Å². The third-order valence-corrected chi connectivity index (χ3v) is 2.80. The maximum Gasteiger partial charge on any atom is 0.231 e. The van der Waals surface area contributed by atoms with Gasteiger partial charge >= 0.3 is 0 Å². The van der Waals surface area contributed by atoms with Crippen LogP contribution in [0.5, 0.6) is 5.75 Å². The lowest BCUT2D eigenvalue weighted by Gasteiger charge is -2.00. The highest BCUT2D eigenvalue weighted by atomic mass is 16.3. The molecule has 90 valence electrons. The smallest absolute Gasteiger partial charge is 0.231 e. The van der Waals surface area contributed by atoms with Gasteiger partial charge in [-0.2, -0.15) is 0 Å². The van der Waals surface area contributed by atoms with Crippen molar-refractivity contribution in [3.05, 3.63) is 42.0 Å². The highest BCUT2D eigenvalue weighted by Gasteiger charge is 2.12. The Balaban J connectivity index is 2.19. The molecule has 1 aromatic heterocycles. The fourth-order valence-corrected chi connectivity index (χ4v) is 1.88. The van der Waals surface area contributed by atoms with Gasteiger partial charge in [0.25, 0.3) is 0 Å². The minimum atomic E-state index is 0.162. The van der Waals surface area contributed by atoms with Crippen molar-refractivity contribution in [1.82, 2.24) is 4.98 Å². The number of oxazole rings is 1. The quantitative estimate of drug-likeness (QED) is 0.641. The highest BCUT2D eigenvalue weighted by Crippen LogP contribution is 2.31. The molecular weight excluding hydrogens is 228 g/mol. The molecule has 0 aliphatic heterocycles. The molecule has 0 atom stereocenters. The van der Waals surface area contributed by atoms with Crippen molar-refractivity contribution in [3.63, 3.8) is 0 Å². The molecule has 1 heterocycles. The van der Waals surface area contributed by atoms with Crippen LogP contribution in [0.4, 0.5) is 5.69 Å². The number of aromatic nitrogens is 1. The molecule has 0 amide bonds. The number of hydrogen-bond acceptors (Lipinski definition) is 4. The zero-order chi connectivity index (χ0) is 12.7. The van der Waals surface area contributed by atoms with E-state index in [0.717, 1.165) is 5.56 Å². The predicted molar refractivity (Wildman–Crippen MR) is 70.3 cm³/mol. The molecule has 4 nitrogen and oxygen atoms in total. The standard InChI is InChI=1S/C14H12N2O2/c1-8-2-4-10(12(17)6-8)14-16-11-7-9(15)3-5-13(11)18-14/h2-7,17H,15H2,1H3. The summed E-state index contributed by atoms with van der Waals surface area (Å²) in [7, 11) is 0. The Bertz CT molecular complexity index is 732. The molecule has 3 rings (SSSR count). The number of anilines is 1. The Morgan fingerprint density at radius 1 is 1.17 bits per heavy atom. The molecule has 18 heavy (non-hydrogen) atoms. The molecule has 0 bridgehead atoms. The molecule has 0 radical (unpaired) electrons. The number of benzene rings is 2. The highest BCUT2D eigenvalue weighted by molar-refractivity contribution is 5.80. The zero-order valence-corrected chi connectivity index (χ0v) is 9.84. The normalized spacial score (nSPS) is 10.9. The molecule has 0 saturated carbocycles. The number of phenols is 1. The van der Waals surface area contributed by atoms with E-state index in [0.29, 0.717) is 28.2 Å². The van der Waals surface area contributed by atoms with Gasteiger partial charge in [0.05, 0.1) is 5.56 Å². The van der Waals surface area contributed by atoms with E-state index in [-0.39, 0.29) is 5.75 Å². The molecule has 0 fully saturated rings. The molecular formula is C14H12N2O2. The minimum absolute atomic E-state index is 0.162. The number of nitrogens with two attached hydrogens (primary N) is 1. The molecule has 0 aliphatic carbocycles. The Morgan fingerprint density at radius 3 is 2.78 bits per heavy atom. The number of nitrogens with zero attached hydrogens (tertiary/aromatic N) is 1. The van der Waals surface area contributed by atoms with Crippen molar-refractivity contribution in [2.75, 3.05) is 5.73 Å². The lowest BCUT2D eigenvalue weighted by Crippen LogP contribution is -1.82. The first kappa shape index (κ1) is 10.7. The Hall–Kier alpha value is -2.49. The van der Waals surface area contributed by atoms with Crippen LogP contribution >= 0.6 is 0 Å². The van der Waals surface area contributed by atoms with E-state index in [9.17, 15) is 5.11 Å². The second kappa shape index (κ2) is 3.77.